The van der Waals surface area contributed by atoms with Crippen molar-refractivity contribution in [3.05, 3.63) is 0 Å². The number of hydrogen-bond donors (Lipinski definition) is 1. The Morgan fingerprint density at radius 2 is 2.07 bits per heavy atom. The topological polar surface area (TPSA) is 15.3 Å². The van der Waals surface area contributed by atoms with E-state index >= 15 is 0 Å². The Bertz CT molecular complexity index is 160. The number of nitrogens with one attached hydrogen (secondary N) is 1. The molecular formula is C12H26N2. The monoisotopic (exact) mass is 198 g/mol. The van der Waals surface area contributed by atoms with Gasteiger partial charge >= 0.3 is 0 Å². The van der Waals surface area contributed by atoms with E-state index in [0.717, 1.165) is 12.6 Å². The highest BCUT2D eigenvalue weighted by Crippen LogP contribution is 2.17. The van der Waals surface area contributed by atoms with Crippen LogP contribution in [0.1, 0.15) is 47.0 Å². The maximum atomic E-state index is 3.61. The van der Waals surface area contributed by atoms with E-state index in [-0.39, 0.29) is 5.54 Å². The molecule has 1 rings (SSSR count). The van der Waals surface area contributed by atoms with Gasteiger partial charge in [-0.15, -0.1) is 0 Å². The first-order valence-corrected chi connectivity index (χ1v) is 6.02. The van der Waals surface area contributed by atoms with Crippen LogP contribution in [-0.4, -0.2) is 36.1 Å². The number of hydrogen-bond acceptors (Lipinski definition) is 2. The van der Waals surface area contributed by atoms with Gasteiger partial charge in [0.25, 0.3) is 0 Å². The van der Waals surface area contributed by atoms with Crippen LogP contribution in [0.5, 0.6) is 0 Å². The SMILES string of the molecule is CCCN1CCCC1CNC(C)(C)C. The first kappa shape index (κ1) is 12.0. The van der Waals surface area contributed by atoms with E-state index in [0.29, 0.717) is 0 Å². The Labute approximate surface area is 89.1 Å². The Morgan fingerprint density at radius 3 is 2.64 bits per heavy atom. The van der Waals surface area contributed by atoms with E-state index in [2.05, 4.69) is 37.9 Å². The Kier molecular flexibility index (Phi) is 4.39. The molecule has 84 valence electrons. The standard InChI is InChI=1S/C12H26N2/c1-5-8-14-9-6-7-11(14)10-13-12(2,3)4/h11,13H,5-10H2,1-4H3. The highest BCUT2D eigenvalue weighted by Gasteiger charge is 2.24. The third-order valence-electron chi connectivity index (χ3n) is 2.88. The predicted octanol–water partition coefficient (Wildman–Crippen LogP) is 2.25. The normalized spacial score (nSPS) is 24.4. The Morgan fingerprint density at radius 1 is 1.36 bits per heavy atom. The molecule has 1 aliphatic heterocycles. The van der Waals surface area contributed by atoms with Crippen molar-refractivity contribution in [2.24, 2.45) is 0 Å². The molecule has 1 heterocycles. The predicted molar refractivity (Wildman–Crippen MR) is 62.6 cm³/mol. The van der Waals surface area contributed by atoms with Crippen LogP contribution in [-0.2, 0) is 0 Å². The van der Waals surface area contributed by atoms with E-state index in [1.54, 1.807) is 0 Å². The molecule has 0 radical (unpaired) electrons. The number of nitrogens with zero attached hydrogens (tertiary/aromatic N) is 1. The Hall–Kier alpha value is -0.0800. The van der Waals surface area contributed by atoms with Gasteiger partial charge in [-0.1, -0.05) is 6.92 Å². The summed E-state index contributed by atoms with van der Waals surface area (Å²) >= 11 is 0. The average Bonchev–Trinajstić information content (AvgIpc) is 2.48. The molecule has 0 saturated carbocycles. The highest BCUT2D eigenvalue weighted by molar-refractivity contribution is 4.83. The minimum Gasteiger partial charge on any atom is -0.311 e. The second-order valence-corrected chi connectivity index (χ2v) is 5.46. The molecule has 0 aromatic carbocycles. The largest absolute Gasteiger partial charge is 0.311 e. The van der Waals surface area contributed by atoms with Crippen molar-refractivity contribution in [3.8, 4) is 0 Å². The van der Waals surface area contributed by atoms with E-state index in [4.69, 9.17) is 0 Å². The fourth-order valence-electron chi connectivity index (χ4n) is 2.13. The van der Waals surface area contributed by atoms with Crippen LogP contribution in [0.4, 0.5) is 0 Å². The van der Waals surface area contributed by atoms with Gasteiger partial charge in [0, 0.05) is 18.1 Å². The summed E-state index contributed by atoms with van der Waals surface area (Å²) in [5, 5.41) is 3.61. The van der Waals surface area contributed by atoms with E-state index in [1.807, 2.05) is 0 Å². The van der Waals surface area contributed by atoms with Crippen molar-refractivity contribution in [3.63, 3.8) is 0 Å². The molecule has 1 N–H and O–H groups in total. The summed E-state index contributed by atoms with van der Waals surface area (Å²) in [4.78, 5) is 2.64. The second kappa shape index (κ2) is 5.13. The second-order valence-electron chi connectivity index (χ2n) is 5.46. The lowest BCUT2D eigenvalue weighted by molar-refractivity contribution is 0.234. The molecule has 0 bridgehead atoms. The van der Waals surface area contributed by atoms with E-state index in [9.17, 15) is 0 Å². The van der Waals surface area contributed by atoms with Crippen molar-refractivity contribution < 1.29 is 0 Å². The molecule has 1 atom stereocenters. The molecule has 1 aliphatic rings. The van der Waals surface area contributed by atoms with Gasteiger partial charge in [-0.05, 0) is 53.1 Å². The third-order valence-corrected chi connectivity index (χ3v) is 2.88. The number of likely N-dealkylation sites (tertiary alicyclic amines) is 1. The summed E-state index contributed by atoms with van der Waals surface area (Å²) in [6.45, 7) is 12.7. The Balaban J connectivity index is 2.29. The summed E-state index contributed by atoms with van der Waals surface area (Å²) in [6.07, 6.45) is 4.05. The summed E-state index contributed by atoms with van der Waals surface area (Å²) in [5.74, 6) is 0. The summed E-state index contributed by atoms with van der Waals surface area (Å²) < 4.78 is 0. The van der Waals surface area contributed by atoms with Crippen LogP contribution in [0, 0.1) is 0 Å². The fourth-order valence-corrected chi connectivity index (χ4v) is 2.13. The molecule has 0 aromatic rings. The summed E-state index contributed by atoms with van der Waals surface area (Å²) in [7, 11) is 0. The lowest BCUT2D eigenvalue weighted by Gasteiger charge is -2.28. The van der Waals surface area contributed by atoms with Gasteiger partial charge < -0.3 is 5.32 Å². The average molecular weight is 198 g/mol. The van der Waals surface area contributed by atoms with Gasteiger partial charge in [0.05, 0.1) is 0 Å². The van der Waals surface area contributed by atoms with Gasteiger partial charge in [-0.3, -0.25) is 4.90 Å². The van der Waals surface area contributed by atoms with Crippen LogP contribution in [0.15, 0.2) is 0 Å². The van der Waals surface area contributed by atoms with Crippen LogP contribution in [0.25, 0.3) is 0 Å². The first-order valence-electron chi connectivity index (χ1n) is 6.02. The van der Waals surface area contributed by atoms with Gasteiger partial charge in [-0.2, -0.15) is 0 Å². The molecule has 0 spiro atoms. The summed E-state index contributed by atoms with van der Waals surface area (Å²) in [5.41, 5.74) is 0.264. The maximum Gasteiger partial charge on any atom is 0.0221 e. The lowest BCUT2D eigenvalue weighted by Crippen LogP contribution is -2.45. The molecule has 0 amide bonds. The zero-order valence-corrected chi connectivity index (χ0v) is 10.3. The van der Waals surface area contributed by atoms with Crippen LogP contribution in [0.3, 0.4) is 0 Å². The minimum absolute atomic E-state index is 0.264. The quantitative estimate of drug-likeness (QED) is 0.745. The van der Waals surface area contributed by atoms with Crippen molar-refractivity contribution >= 4 is 0 Å². The fraction of sp³-hybridized carbons (Fsp3) is 1.00. The summed E-state index contributed by atoms with van der Waals surface area (Å²) in [6, 6.07) is 0.786. The van der Waals surface area contributed by atoms with Gasteiger partial charge in [0.15, 0.2) is 0 Å². The molecular weight excluding hydrogens is 172 g/mol. The third kappa shape index (κ3) is 3.97. The molecule has 0 aliphatic carbocycles. The molecule has 2 nitrogen and oxygen atoms in total. The smallest absolute Gasteiger partial charge is 0.0221 e. The van der Waals surface area contributed by atoms with E-state index in [1.165, 1.54) is 32.4 Å². The van der Waals surface area contributed by atoms with Crippen molar-refractivity contribution in [1.29, 1.82) is 0 Å². The van der Waals surface area contributed by atoms with Crippen molar-refractivity contribution in [1.82, 2.24) is 10.2 Å². The zero-order valence-electron chi connectivity index (χ0n) is 10.3. The first-order chi connectivity index (χ1) is 6.53. The molecule has 1 unspecified atom stereocenters. The molecule has 1 saturated heterocycles. The van der Waals surface area contributed by atoms with Gasteiger partial charge in [0.2, 0.25) is 0 Å². The molecule has 1 fully saturated rings. The minimum atomic E-state index is 0.264. The van der Waals surface area contributed by atoms with Gasteiger partial charge in [0.1, 0.15) is 0 Å². The number of rotatable bonds is 4. The molecule has 0 aromatic heterocycles. The highest BCUT2D eigenvalue weighted by atomic mass is 15.2. The molecule has 2 heteroatoms. The lowest BCUT2D eigenvalue weighted by atomic mass is 10.1. The van der Waals surface area contributed by atoms with Gasteiger partial charge in [-0.25, -0.2) is 0 Å². The molecule has 14 heavy (non-hydrogen) atoms. The van der Waals surface area contributed by atoms with Crippen molar-refractivity contribution in [2.45, 2.75) is 58.5 Å². The van der Waals surface area contributed by atoms with Crippen molar-refractivity contribution in [2.75, 3.05) is 19.6 Å². The van der Waals surface area contributed by atoms with Crippen LogP contribution >= 0.6 is 0 Å². The maximum absolute atomic E-state index is 3.61. The zero-order chi connectivity index (χ0) is 10.6. The van der Waals surface area contributed by atoms with E-state index < -0.39 is 0 Å². The van der Waals surface area contributed by atoms with Crippen LogP contribution < -0.4 is 5.32 Å². The van der Waals surface area contributed by atoms with Crippen LogP contribution in [0.2, 0.25) is 0 Å².